The molecule has 13 heteroatoms. The molecular formula is C18H15F4N7O2. The molecule has 3 aliphatic heterocycles. The second kappa shape index (κ2) is 7.11. The Morgan fingerprint density at radius 3 is 2.77 bits per heavy atom. The number of morpholine rings is 1. The molecule has 0 aliphatic carbocycles. The number of hydrogen-bond acceptors (Lipinski definition) is 7. The maximum atomic E-state index is 14.6. The summed E-state index contributed by atoms with van der Waals surface area (Å²) in [4.78, 5) is 21.8. The molecule has 0 spiro atoms. The lowest BCUT2D eigenvalue weighted by atomic mass is 10.0. The number of carbonyl (C=O) groups excluding carboxylic acids is 1. The van der Waals surface area contributed by atoms with Crippen molar-refractivity contribution in [3.05, 3.63) is 53.3 Å². The molecule has 1 unspecified atom stereocenters. The van der Waals surface area contributed by atoms with Crippen LogP contribution in [0.5, 0.6) is 0 Å². The fourth-order valence-electron chi connectivity index (χ4n) is 4.01. The second-order valence-corrected chi connectivity index (χ2v) is 7.19. The van der Waals surface area contributed by atoms with E-state index in [0.717, 1.165) is 12.3 Å². The zero-order chi connectivity index (χ0) is 21.8. The summed E-state index contributed by atoms with van der Waals surface area (Å²) < 4.78 is 61.1. The third-order valence-corrected chi connectivity index (χ3v) is 5.35. The van der Waals surface area contributed by atoms with Crippen LogP contribution in [0.2, 0.25) is 0 Å². The van der Waals surface area contributed by atoms with Crippen LogP contribution in [-0.2, 0) is 17.5 Å². The molecular weight excluding hydrogens is 422 g/mol. The third kappa shape index (κ3) is 3.15. The van der Waals surface area contributed by atoms with E-state index in [-0.39, 0.29) is 19.8 Å². The highest BCUT2D eigenvalue weighted by Gasteiger charge is 2.46. The minimum atomic E-state index is -5.02. The Balaban J connectivity index is 1.51. The van der Waals surface area contributed by atoms with E-state index in [4.69, 9.17) is 4.74 Å². The van der Waals surface area contributed by atoms with Crippen LogP contribution in [0.25, 0.3) is 0 Å². The fourth-order valence-corrected chi connectivity index (χ4v) is 4.01. The van der Waals surface area contributed by atoms with Gasteiger partial charge in [0.1, 0.15) is 6.04 Å². The summed E-state index contributed by atoms with van der Waals surface area (Å²) in [5.74, 6) is -1.64. The Hall–Kier alpha value is -3.35. The molecule has 1 amide bonds. The number of aromatic nitrogens is 4. The maximum absolute atomic E-state index is 14.6. The molecule has 5 heterocycles. The number of allylic oxidation sites excluding steroid dienone is 1. The fraction of sp³-hybridized carbons (Fsp3) is 0.389. The number of amides is 1. The van der Waals surface area contributed by atoms with Gasteiger partial charge < -0.3 is 19.5 Å². The predicted octanol–water partition coefficient (Wildman–Crippen LogP) is 1.61. The summed E-state index contributed by atoms with van der Waals surface area (Å²) in [5, 5.41) is 11.4. The van der Waals surface area contributed by atoms with Crippen LogP contribution < -0.4 is 5.32 Å². The van der Waals surface area contributed by atoms with E-state index in [0.29, 0.717) is 11.6 Å². The number of rotatable bonds is 2. The van der Waals surface area contributed by atoms with Crippen molar-refractivity contribution in [1.29, 1.82) is 0 Å². The van der Waals surface area contributed by atoms with E-state index in [2.05, 4.69) is 25.5 Å². The van der Waals surface area contributed by atoms with Crippen LogP contribution in [-0.4, -0.2) is 56.0 Å². The molecule has 5 rings (SSSR count). The summed E-state index contributed by atoms with van der Waals surface area (Å²) in [5.41, 5.74) is -2.42. The maximum Gasteiger partial charge on any atom is 0.436 e. The van der Waals surface area contributed by atoms with Crippen molar-refractivity contribution in [3.63, 3.8) is 0 Å². The topological polar surface area (TPSA) is 97.5 Å². The molecule has 3 aliphatic rings. The van der Waals surface area contributed by atoms with Gasteiger partial charge in [-0.3, -0.25) is 9.79 Å². The minimum Gasteiger partial charge on any atom is -0.377 e. The van der Waals surface area contributed by atoms with E-state index in [1.54, 1.807) is 18.5 Å². The molecule has 3 atom stereocenters. The van der Waals surface area contributed by atoms with Gasteiger partial charge >= 0.3 is 6.18 Å². The summed E-state index contributed by atoms with van der Waals surface area (Å²) >= 11 is 0. The molecule has 2 aromatic heterocycles. The number of nitrogens with one attached hydrogen (secondary N) is 1. The van der Waals surface area contributed by atoms with Gasteiger partial charge in [-0.25, -0.2) is 9.37 Å². The van der Waals surface area contributed by atoms with Crippen molar-refractivity contribution in [2.45, 2.75) is 31.0 Å². The molecule has 1 saturated heterocycles. The number of halogens is 4. The quantitative estimate of drug-likeness (QED) is 0.718. The molecule has 31 heavy (non-hydrogen) atoms. The molecule has 0 radical (unpaired) electrons. The monoisotopic (exact) mass is 437 g/mol. The summed E-state index contributed by atoms with van der Waals surface area (Å²) in [6, 6.07) is -0.328. The number of ether oxygens (including phenoxy) is 1. The summed E-state index contributed by atoms with van der Waals surface area (Å²) in [6.45, 7) is 0.427. The van der Waals surface area contributed by atoms with Gasteiger partial charge in [0, 0.05) is 25.2 Å². The van der Waals surface area contributed by atoms with Crippen molar-refractivity contribution in [2.24, 2.45) is 4.99 Å². The van der Waals surface area contributed by atoms with Gasteiger partial charge in [-0.1, -0.05) is 0 Å². The molecule has 2 bridgehead atoms. The van der Waals surface area contributed by atoms with Crippen molar-refractivity contribution in [1.82, 2.24) is 30.0 Å². The first-order valence-electron chi connectivity index (χ1n) is 9.35. The lowest BCUT2D eigenvalue weighted by Gasteiger charge is -2.45. The van der Waals surface area contributed by atoms with E-state index in [9.17, 15) is 22.4 Å². The number of carbonyl (C=O) groups is 1. The molecule has 0 saturated carbocycles. The van der Waals surface area contributed by atoms with E-state index in [1.165, 1.54) is 4.90 Å². The van der Waals surface area contributed by atoms with E-state index < -0.39 is 47.4 Å². The van der Waals surface area contributed by atoms with Crippen LogP contribution in [0.4, 0.5) is 17.6 Å². The standard InChI is InChI=1S/C18H15F4N7O2/c19-12-10(2-5-23-13(12)18(20,21)22)17(30)29-9-6-28-15(11(29)8-31-7-9)26-27-16(28)14-24-3-1-4-25-14/h1-5,9,11,14,24H,6-8H2/t9-,11-,14?/m1/s1. The summed E-state index contributed by atoms with van der Waals surface area (Å²) in [6.07, 6.45) is 0.365. The first-order valence-corrected chi connectivity index (χ1v) is 9.35. The van der Waals surface area contributed by atoms with Crippen LogP contribution in [0, 0.1) is 5.82 Å². The van der Waals surface area contributed by atoms with Gasteiger partial charge in [-0.2, -0.15) is 13.2 Å². The highest BCUT2D eigenvalue weighted by atomic mass is 19.4. The zero-order valence-electron chi connectivity index (χ0n) is 15.8. The van der Waals surface area contributed by atoms with Gasteiger partial charge in [0.25, 0.3) is 5.91 Å². The van der Waals surface area contributed by atoms with Gasteiger partial charge in [0.15, 0.2) is 29.3 Å². The lowest BCUT2D eigenvalue weighted by Crippen LogP contribution is -2.56. The predicted molar refractivity (Wildman–Crippen MR) is 96.2 cm³/mol. The highest BCUT2D eigenvalue weighted by molar-refractivity contribution is 5.95. The second-order valence-electron chi connectivity index (χ2n) is 7.19. The van der Waals surface area contributed by atoms with Gasteiger partial charge in [-0.15, -0.1) is 10.2 Å². The number of alkyl halides is 3. The van der Waals surface area contributed by atoms with Gasteiger partial charge in [-0.05, 0) is 12.1 Å². The Labute approximate surface area is 172 Å². The average molecular weight is 437 g/mol. The molecule has 162 valence electrons. The first-order chi connectivity index (χ1) is 14.9. The zero-order valence-corrected chi connectivity index (χ0v) is 15.8. The summed E-state index contributed by atoms with van der Waals surface area (Å²) in [7, 11) is 0. The number of hydrogen-bond donors (Lipinski definition) is 1. The normalized spacial score (nSPS) is 24.6. The molecule has 1 fully saturated rings. The first kappa shape index (κ1) is 19.6. The number of pyridine rings is 1. The Kier molecular flexibility index (Phi) is 4.50. The molecule has 2 aromatic rings. The van der Waals surface area contributed by atoms with Crippen LogP contribution in [0.15, 0.2) is 29.5 Å². The van der Waals surface area contributed by atoms with Crippen LogP contribution in [0.3, 0.4) is 0 Å². The van der Waals surface area contributed by atoms with Gasteiger partial charge in [0.2, 0.25) is 0 Å². The van der Waals surface area contributed by atoms with Crippen molar-refractivity contribution < 1.29 is 27.1 Å². The minimum absolute atomic E-state index is 0.0560. The number of fused-ring (bicyclic) bond motifs is 4. The molecule has 9 nitrogen and oxygen atoms in total. The van der Waals surface area contributed by atoms with E-state index in [1.807, 2.05) is 4.57 Å². The number of nitrogens with zero attached hydrogens (tertiary/aromatic N) is 6. The molecule has 1 N–H and O–H groups in total. The molecule has 0 aromatic carbocycles. The largest absolute Gasteiger partial charge is 0.436 e. The van der Waals surface area contributed by atoms with Crippen molar-refractivity contribution in [3.8, 4) is 0 Å². The third-order valence-electron chi connectivity index (χ3n) is 5.35. The highest BCUT2D eigenvalue weighted by Crippen LogP contribution is 2.37. The number of aliphatic imine (C=N–C) groups is 1. The van der Waals surface area contributed by atoms with Crippen LogP contribution >= 0.6 is 0 Å². The SMILES string of the molecule is O=C(c1ccnc(C(F)(F)F)c1F)N1[C@H]2COC[C@@H]1c1nnc(C3N=CC=CN3)n1C2. The smallest absolute Gasteiger partial charge is 0.377 e. The lowest BCUT2D eigenvalue weighted by molar-refractivity contribution is -0.143. The Morgan fingerprint density at radius 1 is 1.23 bits per heavy atom. The van der Waals surface area contributed by atoms with Crippen LogP contribution in [0.1, 0.15) is 39.9 Å². The average Bonchev–Trinajstić information content (AvgIpc) is 3.16. The van der Waals surface area contributed by atoms with E-state index >= 15 is 0 Å². The Bertz CT molecular complexity index is 1100. The van der Waals surface area contributed by atoms with Crippen molar-refractivity contribution >= 4 is 12.1 Å². The van der Waals surface area contributed by atoms with Gasteiger partial charge in [0.05, 0.1) is 24.8 Å². The Morgan fingerprint density at radius 2 is 2.03 bits per heavy atom. The van der Waals surface area contributed by atoms with Crippen molar-refractivity contribution in [2.75, 3.05) is 13.2 Å².